The quantitative estimate of drug-likeness (QED) is 0.570. The van der Waals surface area contributed by atoms with Gasteiger partial charge in [-0.3, -0.25) is 4.79 Å². The third-order valence-electron chi connectivity index (χ3n) is 4.05. The highest BCUT2D eigenvalue weighted by Gasteiger charge is 2.37. The van der Waals surface area contributed by atoms with Crippen LogP contribution in [0, 0.1) is 13.8 Å². The van der Waals surface area contributed by atoms with Crippen molar-refractivity contribution in [1.82, 2.24) is 25.5 Å². The molecule has 1 fully saturated rings. The first-order valence-electron chi connectivity index (χ1n) is 7.88. The lowest BCUT2D eigenvalue weighted by Gasteiger charge is -2.14. The molecule has 11 heteroatoms. The Kier molecular flexibility index (Phi) is 5.54. The van der Waals surface area contributed by atoms with E-state index in [9.17, 15) is 13.2 Å². The fraction of sp³-hybridized carbons (Fsp3) is 0.467. The lowest BCUT2D eigenvalue weighted by atomic mass is 10.1. The van der Waals surface area contributed by atoms with Gasteiger partial charge in [-0.25, -0.2) is 8.42 Å². The monoisotopic (exact) mass is 415 g/mol. The van der Waals surface area contributed by atoms with E-state index in [0.717, 1.165) is 16.8 Å². The van der Waals surface area contributed by atoms with Gasteiger partial charge in [0.25, 0.3) is 0 Å². The van der Waals surface area contributed by atoms with Crippen LogP contribution in [0.1, 0.15) is 11.1 Å². The number of halogens is 1. The van der Waals surface area contributed by atoms with Crippen LogP contribution in [-0.4, -0.2) is 63.2 Å². The SMILES string of the molecule is Cc1cccc(C)c1-n1nnnc1SCC(=O)N[C@@H]1CS(=O)(=O)C[C@@H]1Cl. The maximum atomic E-state index is 12.2. The Morgan fingerprint density at radius 2 is 2.04 bits per heavy atom. The summed E-state index contributed by atoms with van der Waals surface area (Å²) in [7, 11) is -3.19. The van der Waals surface area contributed by atoms with Crippen LogP contribution >= 0.6 is 23.4 Å². The van der Waals surface area contributed by atoms with Crippen LogP contribution in [0.5, 0.6) is 0 Å². The van der Waals surface area contributed by atoms with Gasteiger partial charge in [-0.1, -0.05) is 30.0 Å². The number of benzene rings is 1. The smallest absolute Gasteiger partial charge is 0.230 e. The highest BCUT2D eigenvalue weighted by Crippen LogP contribution is 2.23. The second-order valence-corrected chi connectivity index (χ2v) is 9.83. The van der Waals surface area contributed by atoms with Gasteiger partial charge < -0.3 is 5.32 Å². The van der Waals surface area contributed by atoms with Crippen molar-refractivity contribution < 1.29 is 13.2 Å². The van der Waals surface area contributed by atoms with Crippen molar-refractivity contribution >= 4 is 39.1 Å². The average Bonchev–Trinajstić information content (AvgIpc) is 3.09. The molecule has 0 aliphatic carbocycles. The summed E-state index contributed by atoms with van der Waals surface area (Å²) in [6.07, 6.45) is 0. The van der Waals surface area contributed by atoms with Crippen LogP contribution in [0.2, 0.25) is 0 Å². The number of nitrogens with one attached hydrogen (secondary N) is 1. The number of para-hydroxylation sites is 1. The molecule has 2 atom stereocenters. The number of carbonyl (C=O) groups is 1. The van der Waals surface area contributed by atoms with Gasteiger partial charge in [0.05, 0.1) is 34.4 Å². The summed E-state index contributed by atoms with van der Waals surface area (Å²) >= 11 is 7.19. The van der Waals surface area contributed by atoms with Crippen molar-refractivity contribution in [3.8, 4) is 5.69 Å². The molecule has 26 heavy (non-hydrogen) atoms. The van der Waals surface area contributed by atoms with Crippen molar-refractivity contribution in [2.45, 2.75) is 30.4 Å². The molecule has 3 rings (SSSR count). The summed E-state index contributed by atoms with van der Waals surface area (Å²) in [4.78, 5) is 12.2. The Labute approximate surface area is 160 Å². The molecule has 0 radical (unpaired) electrons. The zero-order chi connectivity index (χ0) is 18.9. The molecular weight excluding hydrogens is 398 g/mol. The number of tetrazole rings is 1. The Bertz CT molecular complexity index is 911. The van der Waals surface area contributed by atoms with Crippen LogP contribution < -0.4 is 5.32 Å². The minimum Gasteiger partial charge on any atom is -0.350 e. The third kappa shape index (κ3) is 4.18. The maximum Gasteiger partial charge on any atom is 0.230 e. The van der Waals surface area contributed by atoms with Gasteiger partial charge in [0.15, 0.2) is 9.84 Å². The molecule has 8 nitrogen and oxygen atoms in total. The largest absolute Gasteiger partial charge is 0.350 e. The summed E-state index contributed by atoms with van der Waals surface area (Å²) in [5.41, 5.74) is 2.91. The van der Waals surface area contributed by atoms with E-state index in [1.165, 1.54) is 11.8 Å². The number of amides is 1. The molecule has 0 spiro atoms. The van der Waals surface area contributed by atoms with Gasteiger partial charge in [0, 0.05) is 0 Å². The lowest BCUT2D eigenvalue weighted by Crippen LogP contribution is -2.41. The molecule has 2 heterocycles. The second-order valence-electron chi connectivity index (χ2n) is 6.17. The number of alkyl halides is 1. The Balaban J connectivity index is 1.66. The molecule has 1 aromatic carbocycles. The molecule has 0 saturated carbocycles. The molecule has 1 saturated heterocycles. The molecule has 0 unspecified atom stereocenters. The van der Waals surface area contributed by atoms with Crippen LogP contribution in [0.3, 0.4) is 0 Å². The van der Waals surface area contributed by atoms with E-state index in [1.54, 1.807) is 4.68 Å². The first-order chi connectivity index (χ1) is 12.3. The average molecular weight is 416 g/mol. The van der Waals surface area contributed by atoms with E-state index in [0.29, 0.717) is 5.16 Å². The number of sulfone groups is 1. The minimum absolute atomic E-state index is 0.0610. The van der Waals surface area contributed by atoms with E-state index >= 15 is 0 Å². The second kappa shape index (κ2) is 7.53. The standard InChI is InChI=1S/C15H18ClN5O3S2/c1-9-4-3-5-10(2)14(9)21-15(18-19-20-21)25-6-13(22)17-12-8-26(23,24)7-11(12)16/h3-5,11-12H,6-8H2,1-2H3,(H,17,22)/t11-,12+/m0/s1. The van der Waals surface area contributed by atoms with Crippen molar-refractivity contribution in [3.05, 3.63) is 29.3 Å². The first kappa shape index (κ1) is 19.1. The topological polar surface area (TPSA) is 107 Å². The van der Waals surface area contributed by atoms with Gasteiger partial charge in [-0.05, 0) is 35.4 Å². The van der Waals surface area contributed by atoms with E-state index in [-0.39, 0.29) is 23.2 Å². The van der Waals surface area contributed by atoms with Crippen molar-refractivity contribution in [1.29, 1.82) is 0 Å². The molecule has 1 aliphatic rings. The summed E-state index contributed by atoms with van der Waals surface area (Å²) < 4.78 is 24.7. The summed E-state index contributed by atoms with van der Waals surface area (Å²) in [5.74, 6) is -0.487. The van der Waals surface area contributed by atoms with Crippen molar-refractivity contribution in [2.24, 2.45) is 0 Å². The number of carbonyl (C=O) groups excluding carboxylic acids is 1. The number of rotatable bonds is 5. The van der Waals surface area contributed by atoms with Gasteiger partial charge in [-0.2, -0.15) is 4.68 Å². The fourth-order valence-electron chi connectivity index (χ4n) is 2.86. The van der Waals surface area contributed by atoms with Gasteiger partial charge >= 0.3 is 0 Å². The number of hydrogen-bond donors (Lipinski definition) is 1. The molecule has 1 aromatic heterocycles. The highest BCUT2D eigenvalue weighted by molar-refractivity contribution is 7.99. The molecule has 1 amide bonds. The van der Waals surface area contributed by atoms with Gasteiger partial charge in [0.2, 0.25) is 11.1 Å². The van der Waals surface area contributed by atoms with Gasteiger partial charge in [-0.15, -0.1) is 16.7 Å². The minimum atomic E-state index is -3.19. The van der Waals surface area contributed by atoms with Crippen molar-refractivity contribution in [2.75, 3.05) is 17.3 Å². The van der Waals surface area contributed by atoms with Gasteiger partial charge in [0.1, 0.15) is 0 Å². The maximum absolute atomic E-state index is 12.2. The van der Waals surface area contributed by atoms with Crippen LogP contribution in [0.25, 0.3) is 5.69 Å². The van der Waals surface area contributed by atoms with E-state index < -0.39 is 21.3 Å². The Morgan fingerprint density at radius 1 is 1.35 bits per heavy atom. The highest BCUT2D eigenvalue weighted by atomic mass is 35.5. The first-order valence-corrected chi connectivity index (χ1v) is 11.1. The van der Waals surface area contributed by atoms with Crippen LogP contribution in [0.15, 0.2) is 23.4 Å². The number of aryl methyl sites for hydroxylation is 2. The van der Waals surface area contributed by atoms with E-state index in [1.807, 2.05) is 32.0 Å². The predicted octanol–water partition coefficient (Wildman–Crippen LogP) is 0.892. The summed E-state index contributed by atoms with van der Waals surface area (Å²) in [6, 6.07) is 5.32. The molecule has 1 aliphatic heterocycles. The molecule has 0 bridgehead atoms. The molecule has 140 valence electrons. The molecular formula is C15H18ClN5O3S2. The van der Waals surface area contributed by atoms with E-state index in [4.69, 9.17) is 11.6 Å². The lowest BCUT2D eigenvalue weighted by molar-refractivity contribution is -0.119. The van der Waals surface area contributed by atoms with Crippen molar-refractivity contribution in [3.63, 3.8) is 0 Å². The van der Waals surface area contributed by atoms with E-state index in [2.05, 4.69) is 20.8 Å². The predicted molar refractivity (Wildman–Crippen MR) is 99.6 cm³/mol. The number of aromatic nitrogens is 4. The Morgan fingerprint density at radius 3 is 2.65 bits per heavy atom. The number of thioether (sulfide) groups is 1. The summed E-state index contributed by atoms with van der Waals surface area (Å²) in [5, 5.41) is 14.3. The van der Waals surface area contributed by atoms with Crippen LogP contribution in [-0.2, 0) is 14.6 Å². The number of nitrogens with zero attached hydrogens (tertiary/aromatic N) is 4. The zero-order valence-corrected chi connectivity index (χ0v) is 16.6. The summed E-state index contributed by atoms with van der Waals surface area (Å²) in [6.45, 7) is 3.93. The number of hydrogen-bond acceptors (Lipinski definition) is 7. The Hall–Kier alpha value is -1.65. The third-order valence-corrected chi connectivity index (χ3v) is 7.35. The molecule has 2 aromatic rings. The normalized spacial score (nSPS) is 21.7. The molecule has 1 N–H and O–H groups in total. The van der Waals surface area contributed by atoms with Crippen LogP contribution in [0.4, 0.5) is 0 Å². The fourth-order valence-corrected chi connectivity index (χ4v) is 6.10. The zero-order valence-electron chi connectivity index (χ0n) is 14.2.